The fourth-order valence-corrected chi connectivity index (χ4v) is 2.50. The minimum absolute atomic E-state index is 0.186. The highest BCUT2D eigenvalue weighted by atomic mass is 16.5. The van der Waals surface area contributed by atoms with Crippen molar-refractivity contribution in [3.8, 4) is 23.3 Å². The molecular weight excluding hydrogens is 326 g/mol. The second-order valence-electron chi connectivity index (χ2n) is 5.60. The van der Waals surface area contributed by atoms with Crippen LogP contribution in [0.2, 0.25) is 0 Å². The van der Waals surface area contributed by atoms with Crippen LogP contribution in [0.1, 0.15) is 21.6 Å². The third-order valence-electron chi connectivity index (χ3n) is 3.92. The average Bonchev–Trinajstić information content (AvgIpc) is 3.07. The molecule has 5 nitrogen and oxygen atoms in total. The highest BCUT2D eigenvalue weighted by Gasteiger charge is 2.14. The first-order valence-electron chi connectivity index (χ1n) is 8.20. The van der Waals surface area contributed by atoms with Gasteiger partial charge in [-0.2, -0.15) is 5.10 Å². The smallest absolute Gasteiger partial charge is 0.255 e. The van der Waals surface area contributed by atoms with Crippen molar-refractivity contribution in [3.05, 3.63) is 77.6 Å². The van der Waals surface area contributed by atoms with Gasteiger partial charge in [0, 0.05) is 5.56 Å². The summed E-state index contributed by atoms with van der Waals surface area (Å²) in [7, 11) is 1.62. The van der Waals surface area contributed by atoms with Crippen molar-refractivity contribution in [3.63, 3.8) is 0 Å². The zero-order chi connectivity index (χ0) is 18.4. The van der Waals surface area contributed by atoms with Crippen molar-refractivity contribution in [2.24, 2.45) is 0 Å². The van der Waals surface area contributed by atoms with E-state index in [0.717, 1.165) is 22.7 Å². The lowest BCUT2D eigenvalue weighted by Crippen LogP contribution is -2.24. The van der Waals surface area contributed by atoms with Crippen molar-refractivity contribution in [1.29, 1.82) is 0 Å². The van der Waals surface area contributed by atoms with E-state index >= 15 is 0 Å². The van der Waals surface area contributed by atoms with Crippen LogP contribution in [0.15, 0.2) is 60.8 Å². The monoisotopic (exact) mass is 345 g/mol. The zero-order valence-electron chi connectivity index (χ0n) is 14.7. The quantitative estimate of drug-likeness (QED) is 0.740. The van der Waals surface area contributed by atoms with Crippen LogP contribution in [-0.4, -0.2) is 29.3 Å². The fraction of sp³-hybridized carbons (Fsp3) is 0.143. The number of nitrogens with zero attached hydrogens (tertiary/aromatic N) is 2. The van der Waals surface area contributed by atoms with Crippen LogP contribution in [0, 0.1) is 18.8 Å². The van der Waals surface area contributed by atoms with Gasteiger partial charge in [0.05, 0.1) is 36.8 Å². The maximum absolute atomic E-state index is 12.4. The Kier molecular flexibility index (Phi) is 5.35. The van der Waals surface area contributed by atoms with E-state index in [4.69, 9.17) is 4.74 Å². The van der Waals surface area contributed by atoms with Gasteiger partial charge in [0.1, 0.15) is 5.75 Å². The number of carbonyl (C=O) groups excluding carboxylic acids is 1. The SMILES string of the molecule is COc1ccc(C#CCNC(=O)c2cnn(-c3ccccc3)c2C)cc1. The molecule has 0 saturated carbocycles. The molecule has 0 spiro atoms. The predicted molar refractivity (Wildman–Crippen MR) is 101 cm³/mol. The molecule has 0 unspecified atom stereocenters. The number of amides is 1. The Morgan fingerprint density at radius 2 is 1.88 bits per heavy atom. The van der Waals surface area contributed by atoms with Gasteiger partial charge in [-0.05, 0) is 43.3 Å². The maximum atomic E-state index is 12.4. The molecule has 0 aliphatic heterocycles. The minimum Gasteiger partial charge on any atom is -0.497 e. The molecule has 3 rings (SSSR count). The summed E-state index contributed by atoms with van der Waals surface area (Å²) in [4.78, 5) is 12.4. The molecule has 0 fully saturated rings. The second-order valence-corrected chi connectivity index (χ2v) is 5.60. The molecule has 1 heterocycles. The molecule has 0 bridgehead atoms. The van der Waals surface area contributed by atoms with Gasteiger partial charge in [-0.25, -0.2) is 4.68 Å². The average molecular weight is 345 g/mol. The van der Waals surface area contributed by atoms with Gasteiger partial charge in [0.25, 0.3) is 5.91 Å². The van der Waals surface area contributed by atoms with E-state index in [9.17, 15) is 4.79 Å². The summed E-state index contributed by atoms with van der Waals surface area (Å²) < 4.78 is 6.86. The topological polar surface area (TPSA) is 56.1 Å². The minimum atomic E-state index is -0.186. The Morgan fingerprint density at radius 3 is 2.58 bits per heavy atom. The van der Waals surface area contributed by atoms with Gasteiger partial charge in [-0.3, -0.25) is 4.79 Å². The molecule has 0 aliphatic carbocycles. The van der Waals surface area contributed by atoms with Crippen LogP contribution in [0.3, 0.4) is 0 Å². The third-order valence-corrected chi connectivity index (χ3v) is 3.92. The lowest BCUT2D eigenvalue weighted by molar-refractivity contribution is 0.0958. The number of nitrogens with one attached hydrogen (secondary N) is 1. The van der Waals surface area contributed by atoms with E-state index in [1.807, 2.05) is 61.5 Å². The number of hydrogen-bond donors (Lipinski definition) is 1. The predicted octanol–water partition coefficient (Wildman–Crippen LogP) is 2.97. The van der Waals surface area contributed by atoms with Crippen LogP contribution in [0.5, 0.6) is 5.75 Å². The van der Waals surface area contributed by atoms with E-state index in [0.29, 0.717) is 5.56 Å². The zero-order valence-corrected chi connectivity index (χ0v) is 14.7. The molecular formula is C21H19N3O2. The normalized spacial score (nSPS) is 9.92. The molecule has 0 aliphatic rings. The van der Waals surface area contributed by atoms with E-state index < -0.39 is 0 Å². The fourth-order valence-electron chi connectivity index (χ4n) is 2.50. The van der Waals surface area contributed by atoms with Crippen molar-refractivity contribution in [2.45, 2.75) is 6.92 Å². The van der Waals surface area contributed by atoms with Gasteiger partial charge in [-0.15, -0.1) is 0 Å². The molecule has 1 amide bonds. The summed E-state index contributed by atoms with van der Waals surface area (Å²) in [5.74, 6) is 6.56. The Labute approximate surface area is 152 Å². The molecule has 130 valence electrons. The van der Waals surface area contributed by atoms with Crippen molar-refractivity contribution < 1.29 is 9.53 Å². The van der Waals surface area contributed by atoms with E-state index in [1.165, 1.54) is 0 Å². The highest BCUT2D eigenvalue weighted by molar-refractivity contribution is 5.95. The Hall–Kier alpha value is -3.52. The van der Waals surface area contributed by atoms with Crippen LogP contribution < -0.4 is 10.1 Å². The molecule has 0 saturated heterocycles. The van der Waals surface area contributed by atoms with Crippen LogP contribution in [0.25, 0.3) is 5.69 Å². The first kappa shape index (κ1) is 17.3. The molecule has 0 radical (unpaired) electrons. The number of benzene rings is 2. The largest absolute Gasteiger partial charge is 0.497 e. The van der Waals surface area contributed by atoms with Gasteiger partial charge >= 0.3 is 0 Å². The third kappa shape index (κ3) is 3.93. The van der Waals surface area contributed by atoms with E-state index in [1.54, 1.807) is 18.0 Å². The first-order valence-corrected chi connectivity index (χ1v) is 8.20. The van der Waals surface area contributed by atoms with Crippen molar-refractivity contribution in [2.75, 3.05) is 13.7 Å². The lowest BCUT2D eigenvalue weighted by Gasteiger charge is -2.05. The van der Waals surface area contributed by atoms with Gasteiger partial charge < -0.3 is 10.1 Å². The van der Waals surface area contributed by atoms with Gasteiger partial charge in [0.2, 0.25) is 0 Å². The number of para-hydroxylation sites is 1. The summed E-state index contributed by atoms with van der Waals surface area (Å²) in [6.45, 7) is 2.14. The molecule has 1 N–H and O–H groups in total. The number of ether oxygens (including phenoxy) is 1. The summed E-state index contributed by atoms with van der Waals surface area (Å²) in [6.07, 6.45) is 1.58. The number of rotatable bonds is 4. The highest BCUT2D eigenvalue weighted by Crippen LogP contribution is 2.13. The standard InChI is InChI=1S/C21H19N3O2/c1-16-20(15-23-24(16)18-8-4-3-5-9-18)21(25)22-14-6-7-17-10-12-19(26-2)13-11-17/h3-5,8-13,15H,14H2,1-2H3,(H,22,25). The summed E-state index contributed by atoms with van der Waals surface area (Å²) in [5, 5.41) is 7.11. The van der Waals surface area contributed by atoms with Crippen LogP contribution in [-0.2, 0) is 0 Å². The molecule has 26 heavy (non-hydrogen) atoms. The number of methoxy groups -OCH3 is 1. The second kappa shape index (κ2) is 8.04. The lowest BCUT2D eigenvalue weighted by atomic mass is 10.2. The number of hydrogen-bond acceptors (Lipinski definition) is 3. The summed E-state index contributed by atoms with van der Waals surface area (Å²) in [5.41, 5.74) is 3.12. The number of aromatic nitrogens is 2. The van der Waals surface area contributed by atoms with Crippen LogP contribution >= 0.6 is 0 Å². The van der Waals surface area contributed by atoms with Crippen molar-refractivity contribution in [1.82, 2.24) is 15.1 Å². The Bertz CT molecular complexity index is 948. The molecule has 5 heteroatoms. The van der Waals surface area contributed by atoms with E-state index in [2.05, 4.69) is 22.3 Å². The number of carbonyl (C=O) groups is 1. The van der Waals surface area contributed by atoms with Crippen LogP contribution in [0.4, 0.5) is 0 Å². The molecule has 2 aromatic carbocycles. The Morgan fingerprint density at radius 1 is 1.15 bits per heavy atom. The first-order chi connectivity index (χ1) is 12.7. The van der Waals surface area contributed by atoms with E-state index in [-0.39, 0.29) is 12.5 Å². The molecule has 3 aromatic rings. The van der Waals surface area contributed by atoms with Gasteiger partial charge in [0.15, 0.2) is 0 Å². The summed E-state index contributed by atoms with van der Waals surface area (Å²) in [6, 6.07) is 17.2. The molecule has 0 atom stereocenters. The maximum Gasteiger partial charge on any atom is 0.255 e. The van der Waals surface area contributed by atoms with Gasteiger partial charge in [-0.1, -0.05) is 30.0 Å². The summed E-state index contributed by atoms with van der Waals surface area (Å²) >= 11 is 0. The molecule has 1 aromatic heterocycles. The van der Waals surface area contributed by atoms with Crippen molar-refractivity contribution >= 4 is 5.91 Å². The Balaban J connectivity index is 1.62.